The molecular weight excluding hydrogens is 442 g/mol. The minimum Gasteiger partial charge on any atom is -0.448 e. The summed E-state index contributed by atoms with van der Waals surface area (Å²) in [5.41, 5.74) is 4.90. The van der Waals surface area contributed by atoms with Gasteiger partial charge in [0.1, 0.15) is 0 Å². The molecule has 0 aliphatic carbocycles. The SMILES string of the molecule is CCCCCSc1nnc2c(n1)O[C@H](c1ccc(N(CCC)CCC)cc1)Nc1ccccc1-2. The first-order chi connectivity index (χ1) is 16.7. The Hall–Kier alpha value is -2.80. The molecule has 3 aromatic rings. The Morgan fingerprint density at radius 1 is 0.912 bits per heavy atom. The number of rotatable bonds is 11. The normalized spacial score (nSPS) is 14.4. The van der Waals surface area contributed by atoms with E-state index in [0.717, 1.165) is 54.9 Å². The second-order valence-corrected chi connectivity index (χ2v) is 9.63. The molecule has 6 nitrogen and oxygen atoms in total. The highest BCUT2D eigenvalue weighted by Gasteiger charge is 2.26. The van der Waals surface area contributed by atoms with Gasteiger partial charge in [-0.3, -0.25) is 0 Å². The van der Waals surface area contributed by atoms with Gasteiger partial charge in [-0.2, -0.15) is 4.98 Å². The van der Waals surface area contributed by atoms with Gasteiger partial charge in [-0.25, -0.2) is 0 Å². The van der Waals surface area contributed by atoms with Crippen molar-refractivity contribution >= 4 is 23.1 Å². The first kappa shape index (κ1) is 24.3. The molecule has 0 fully saturated rings. The highest BCUT2D eigenvalue weighted by molar-refractivity contribution is 7.99. The smallest absolute Gasteiger partial charge is 0.247 e. The van der Waals surface area contributed by atoms with E-state index in [1.807, 2.05) is 18.2 Å². The number of para-hydroxylation sites is 1. The molecule has 1 aliphatic rings. The summed E-state index contributed by atoms with van der Waals surface area (Å²) in [6.07, 6.45) is 5.46. The van der Waals surface area contributed by atoms with Crippen LogP contribution < -0.4 is 15.0 Å². The molecule has 0 saturated carbocycles. The topological polar surface area (TPSA) is 63.2 Å². The van der Waals surface area contributed by atoms with Crippen LogP contribution in [0.5, 0.6) is 5.88 Å². The van der Waals surface area contributed by atoms with E-state index in [4.69, 9.17) is 9.72 Å². The van der Waals surface area contributed by atoms with Gasteiger partial charge in [-0.05, 0) is 37.5 Å². The summed E-state index contributed by atoms with van der Waals surface area (Å²) in [4.78, 5) is 7.20. The zero-order chi connectivity index (χ0) is 23.8. The Bertz CT molecular complexity index is 1050. The molecule has 0 amide bonds. The van der Waals surface area contributed by atoms with Crippen LogP contribution in [0.15, 0.2) is 53.7 Å². The van der Waals surface area contributed by atoms with E-state index in [1.54, 1.807) is 11.8 Å². The van der Waals surface area contributed by atoms with Crippen molar-refractivity contribution in [3.8, 4) is 17.1 Å². The van der Waals surface area contributed by atoms with Crippen molar-refractivity contribution in [2.45, 2.75) is 64.3 Å². The van der Waals surface area contributed by atoms with Crippen LogP contribution in [0.25, 0.3) is 11.3 Å². The van der Waals surface area contributed by atoms with Crippen LogP contribution in [-0.2, 0) is 0 Å². The number of ether oxygens (including phenoxy) is 1. The second-order valence-electron chi connectivity index (χ2n) is 8.57. The summed E-state index contributed by atoms with van der Waals surface area (Å²) in [6, 6.07) is 16.8. The molecule has 180 valence electrons. The van der Waals surface area contributed by atoms with Crippen LogP contribution in [0.2, 0.25) is 0 Å². The largest absolute Gasteiger partial charge is 0.448 e. The summed E-state index contributed by atoms with van der Waals surface area (Å²) in [6.45, 7) is 8.78. The van der Waals surface area contributed by atoms with Gasteiger partial charge < -0.3 is 15.0 Å². The predicted molar refractivity (Wildman–Crippen MR) is 142 cm³/mol. The third-order valence-electron chi connectivity index (χ3n) is 5.86. The Morgan fingerprint density at radius 2 is 1.68 bits per heavy atom. The van der Waals surface area contributed by atoms with Crippen molar-refractivity contribution in [3.05, 3.63) is 54.1 Å². The number of fused-ring (bicyclic) bond motifs is 3. The molecule has 1 aromatic heterocycles. The fraction of sp³-hybridized carbons (Fsp3) is 0.444. The minimum atomic E-state index is -0.364. The minimum absolute atomic E-state index is 0.364. The number of anilines is 2. The number of hydrogen-bond acceptors (Lipinski definition) is 7. The van der Waals surface area contributed by atoms with Crippen molar-refractivity contribution in [3.63, 3.8) is 0 Å². The number of thioether (sulfide) groups is 1. The fourth-order valence-electron chi connectivity index (χ4n) is 4.14. The fourth-order valence-corrected chi connectivity index (χ4v) is 4.92. The molecule has 0 unspecified atom stereocenters. The number of nitrogens with zero attached hydrogens (tertiary/aromatic N) is 4. The molecule has 4 rings (SSSR count). The summed E-state index contributed by atoms with van der Waals surface area (Å²) >= 11 is 1.64. The van der Waals surface area contributed by atoms with E-state index in [1.165, 1.54) is 18.5 Å². The number of unbranched alkanes of at least 4 members (excludes halogenated alkanes) is 2. The second kappa shape index (κ2) is 12.1. The van der Waals surface area contributed by atoms with Crippen LogP contribution in [-0.4, -0.2) is 34.0 Å². The lowest BCUT2D eigenvalue weighted by atomic mass is 10.1. The van der Waals surface area contributed by atoms with E-state index < -0.39 is 0 Å². The van der Waals surface area contributed by atoms with E-state index in [9.17, 15) is 0 Å². The molecule has 34 heavy (non-hydrogen) atoms. The summed E-state index contributed by atoms with van der Waals surface area (Å²) in [5, 5.41) is 13.1. The maximum Gasteiger partial charge on any atom is 0.247 e. The van der Waals surface area contributed by atoms with E-state index in [2.05, 4.69) is 71.5 Å². The molecule has 7 heteroatoms. The lowest BCUT2D eigenvalue weighted by Crippen LogP contribution is -2.25. The quantitative estimate of drug-likeness (QED) is 0.237. The van der Waals surface area contributed by atoms with Gasteiger partial charge in [0.05, 0.1) is 0 Å². The Labute approximate surface area is 207 Å². The number of aromatic nitrogens is 3. The molecule has 1 atom stereocenters. The van der Waals surface area contributed by atoms with Gasteiger partial charge in [0, 0.05) is 41.3 Å². The van der Waals surface area contributed by atoms with Crippen molar-refractivity contribution < 1.29 is 4.74 Å². The van der Waals surface area contributed by atoms with Crippen LogP contribution >= 0.6 is 11.8 Å². The lowest BCUT2D eigenvalue weighted by molar-refractivity contribution is 0.225. The van der Waals surface area contributed by atoms with E-state index in [0.29, 0.717) is 16.7 Å². The van der Waals surface area contributed by atoms with Crippen LogP contribution in [0.1, 0.15) is 64.7 Å². The third kappa shape index (κ3) is 5.81. The average molecular weight is 478 g/mol. The van der Waals surface area contributed by atoms with Crippen LogP contribution in [0, 0.1) is 0 Å². The van der Waals surface area contributed by atoms with Crippen molar-refractivity contribution in [2.24, 2.45) is 0 Å². The molecule has 0 saturated heterocycles. The molecule has 0 spiro atoms. The van der Waals surface area contributed by atoms with Crippen LogP contribution in [0.3, 0.4) is 0 Å². The Morgan fingerprint density at radius 3 is 2.41 bits per heavy atom. The lowest BCUT2D eigenvalue weighted by Gasteiger charge is -2.25. The first-order valence-corrected chi connectivity index (χ1v) is 13.5. The molecule has 0 bridgehead atoms. The van der Waals surface area contributed by atoms with Crippen molar-refractivity contribution in [1.29, 1.82) is 0 Å². The zero-order valence-corrected chi connectivity index (χ0v) is 21.3. The average Bonchev–Trinajstić information content (AvgIpc) is 3.03. The van der Waals surface area contributed by atoms with Gasteiger partial charge in [-0.1, -0.05) is 75.7 Å². The molecule has 1 N–H and O–H groups in total. The monoisotopic (exact) mass is 477 g/mol. The predicted octanol–water partition coefficient (Wildman–Crippen LogP) is 6.95. The maximum absolute atomic E-state index is 6.44. The summed E-state index contributed by atoms with van der Waals surface area (Å²) in [5.74, 6) is 1.51. The van der Waals surface area contributed by atoms with Gasteiger partial charge in [0.2, 0.25) is 11.0 Å². The Kier molecular flexibility index (Phi) is 8.63. The Balaban J connectivity index is 1.61. The van der Waals surface area contributed by atoms with Gasteiger partial charge in [0.25, 0.3) is 0 Å². The maximum atomic E-state index is 6.44. The van der Waals surface area contributed by atoms with Crippen molar-refractivity contribution in [1.82, 2.24) is 15.2 Å². The van der Waals surface area contributed by atoms with Crippen molar-refractivity contribution in [2.75, 3.05) is 29.1 Å². The summed E-state index contributed by atoms with van der Waals surface area (Å²) in [7, 11) is 0. The molecule has 2 heterocycles. The molecule has 1 aliphatic heterocycles. The molecular formula is C27H35N5OS. The molecule has 0 radical (unpaired) electrons. The highest BCUT2D eigenvalue weighted by Crippen LogP contribution is 2.39. The molecule has 2 aromatic carbocycles. The van der Waals surface area contributed by atoms with Gasteiger partial charge in [-0.15, -0.1) is 10.2 Å². The zero-order valence-electron chi connectivity index (χ0n) is 20.5. The standard InChI is InChI=1S/C27H35N5OS/c1-4-7-10-19-34-27-29-26-24(30-31-27)22-11-8-9-12-23(22)28-25(33-26)20-13-15-21(16-14-20)32(17-5-2)18-6-3/h8-9,11-16,25,28H,4-7,10,17-19H2,1-3H3/t25-/m1/s1. The first-order valence-electron chi connectivity index (χ1n) is 12.5. The highest BCUT2D eigenvalue weighted by atomic mass is 32.2. The number of hydrogen-bond donors (Lipinski definition) is 1. The number of nitrogens with one attached hydrogen (secondary N) is 1. The summed E-state index contributed by atoms with van der Waals surface area (Å²) < 4.78 is 6.44. The van der Waals surface area contributed by atoms with Crippen LogP contribution in [0.4, 0.5) is 11.4 Å². The third-order valence-corrected chi connectivity index (χ3v) is 6.78. The van der Waals surface area contributed by atoms with E-state index in [-0.39, 0.29) is 6.23 Å². The van der Waals surface area contributed by atoms with Gasteiger partial charge in [0.15, 0.2) is 11.9 Å². The van der Waals surface area contributed by atoms with Gasteiger partial charge >= 0.3 is 0 Å². The van der Waals surface area contributed by atoms with E-state index >= 15 is 0 Å². The number of benzene rings is 2.